The summed E-state index contributed by atoms with van der Waals surface area (Å²) in [6.07, 6.45) is 15.8. The summed E-state index contributed by atoms with van der Waals surface area (Å²) >= 11 is 0. The Bertz CT molecular complexity index is 2540. The zero-order chi connectivity index (χ0) is 48.4. The molecule has 2 unspecified atom stereocenters. The first-order valence-corrected chi connectivity index (χ1v) is 24.2. The van der Waals surface area contributed by atoms with Gasteiger partial charge in [-0.05, 0) is 98.2 Å². The lowest BCUT2D eigenvalue weighted by atomic mass is 9.92. The van der Waals surface area contributed by atoms with E-state index >= 15 is 0 Å². The van der Waals surface area contributed by atoms with Gasteiger partial charge in [0.1, 0.15) is 23.7 Å². The molecule has 6 aromatic heterocycles. The Morgan fingerprint density at radius 2 is 0.986 bits per heavy atom. The van der Waals surface area contributed by atoms with Crippen LogP contribution < -0.4 is 39.4 Å². The minimum atomic E-state index is -0.184. The molecule has 2 aliphatic heterocycles. The summed E-state index contributed by atoms with van der Waals surface area (Å²) in [5, 5.41) is 23.6. The van der Waals surface area contributed by atoms with E-state index in [9.17, 15) is 9.59 Å². The highest BCUT2D eigenvalue weighted by Gasteiger charge is 2.28. The average molecular weight is 949 g/mol. The van der Waals surface area contributed by atoms with E-state index in [4.69, 9.17) is 18.9 Å². The van der Waals surface area contributed by atoms with Crippen LogP contribution in [0.25, 0.3) is 0 Å². The van der Waals surface area contributed by atoms with Crippen LogP contribution in [0.4, 0.5) is 11.6 Å². The third-order valence-corrected chi connectivity index (χ3v) is 13.4. The highest BCUT2D eigenvalue weighted by Crippen LogP contribution is 2.28. The van der Waals surface area contributed by atoms with Gasteiger partial charge in [0.05, 0.1) is 26.6 Å². The second-order valence-electron chi connectivity index (χ2n) is 18.2. The van der Waals surface area contributed by atoms with Crippen molar-refractivity contribution in [1.29, 1.82) is 0 Å². The quantitative estimate of drug-likeness (QED) is 0.148. The van der Waals surface area contributed by atoms with Gasteiger partial charge in [0, 0.05) is 113 Å². The smallest absolute Gasteiger partial charge is 0.272 e. The number of nitrogens with one attached hydrogen (secondary N) is 2. The van der Waals surface area contributed by atoms with E-state index in [1.165, 1.54) is 11.1 Å². The Labute approximate surface area is 408 Å². The van der Waals surface area contributed by atoms with Crippen LogP contribution in [0.15, 0.2) is 85.5 Å². The molecule has 0 bridgehead atoms. The van der Waals surface area contributed by atoms with E-state index in [0.29, 0.717) is 23.1 Å². The minimum Gasteiger partial charge on any atom is -0.489 e. The van der Waals surface area contributed by atoms with Crippen LogP contribution in [0.1, 0.15) is 93.1 Å². The predicted molar refractivity (Wildman–Crippen MR) is 262 cm³/mol. The summed E-state index contributed by atoms with van der Waals surface area (Å²) in [7, 11) is 3.19. The van der Waals surface area contributed by atoms with Gasteiger partial charge in [0.25, 0.3) is 11.8 Å². The van der Waals surface area contributed by atoms with Gasteiger partial charge in [0.2, 0.25) is 11.8 Å². The molecule has 0 spiro atoms. The predicted octanol–water partition coefficient (Wildman–Crippen LogP) is 5.84. The van der Waals surface area contributed by atoms with Gasteiger partial charge in [-0.15, -0.1) is 20.4 Å². The number of aromatic nitrogens is 8. The number of piperidine rings is 2. The third kappa shape index (κ3) is 11.8. The first kappa shape index (κ1) is 47.6. The van der Waals surface area contributed by atoms with Gasteiger partial charge in [-0.3, -0.25) is 19.6 Å². The molecule has 2 atom stereocenters. The highest BCUT2D eigenvalue weighted by molar-refractivity contribution is 5.93. The largest absolute Gasteiger partial charge is 0.489 e. The van der Waals surface area contributed by atoms with Crippen molar-refractivity contribution >= 4 is 23.5 Å². The monoisotopic (exact) mass is 948 g/mol. The maximum absolute atomic E-state index is 12.8. The number of amides is 2. The topological polar surface area (TPSA) is 205 Å². The number of pyridine rings is 4. The van der Waals surface area contributed by atoms with E-state index < -0.39 is 0 Å². The van der Waals surface area contributed by atoms with Crippen molar-refractivity contribution in [3.05, 3.63) is 130 Å². The number of nitrogens with zero attached hydrogens (tertiary/aromatic N) is 10. The molecule has 8 heterocycles. The van der Waals surface area contributed by atoms with Crippen LogP contribution in [0, 0.1) is 13.8 Å². The number of anilines is 2. The molecule has 18 heteroatoms. The summed E-state index contributed by atoms with van der Waals surface area (Å²) in [6, 6.07) is 19.3. The number of ether oxygens (including phenoxy) is 4. The van der Waals surface area contributed by atoms with E-state index in [0.717, 1.165) is 136 Å². The van der Waals surface area contributed by atoms with Gasteiger partial charge < -0.3 is 39.4 Å². The summed E-state index contributed by atoms with van der Waals surface area (Å²) < 4.78 is 22.3. The normalized spacial score (nSPS) is 18.0. The summed E-state index contributed by atoms with van der Waals surface area (Å²) in [5.41, 5.74) is 7.26. The van der Waals surface area contributed by atoms with Crippen LogP contribution in [-0.4, -0.2) is 117 Å². The van der Waals surface area contributed by atoms with Crippen molar-refractivity contribution in [3.8, 4) is 23.3 Å². The summed E-state index contributed by atoms with van der Waals surface area (Å²) in [5.74, 6) is 3.90. The second kappa shape index (κ2) is 22.3. The number of carbonyl (C=O) groups excluding carboxylic acids is 2. The molecule has 4 aliphatic rings. The van der Waals surface area contributed by atoms with Crippen LogP contribution in [0.5, 0.6) is 23.3 Å². The number of carbonyl (C=O) groups is 2. The van der Waals surface area contributed by atoms with Gasteiger partial charge >= 0.3 is 0 Å². The molecule has 2 fully saturated rings. The maximum Gasteiger partial charge on any atom is 0.272 e. The Morgan fingerprint density at radius 3 is 1.36 bits per heavy atom. The van der Waals surface area contributed by atoms with E-state index in [1.54, 1.807) is 38.7 Å². The van der Waals surface area contributed by atoms with Crippen molar-refractivity contribution < 1.29 is 28.5 Å². The molecule has 10 rings (SSSR count). The number of rotatable bonds is 12. The van der Waals surface area contributed by atoms with Gasteiger partial charge in [-0.2, -0.15) is 0 Å². The van der Waals surface area contributed by atoms with E-state index in [2.05, 4.69) is 72.9 Å². The van der Waals surface area contributed by atoms with Crippen molar-refractivity contribution in [2.24, 2.45) is 0 Å². The Morgan fingerprint density at radius 1 is 0.557 bits per heavy atom. The SMILES string of the molecule is COc1ccc(OC2CCN(c3nnc(C(=O)NC4CCc5cccnc5C4)cc3C)CC2)cn1.COc1ccc(OC2CCN(c3nnc(C(=O)NC4CCc5cccnc5C4)cc3C)CC2)cn1. The first-order valence-electron chi connectivity index (χ1n) is 24.2. The number of aryl methyl sites for hydroxylation is 4. The first-order chi connectivity index (χ1) is 34.2. The standard InChI is InChI=1S/2C26H30N6O3/c2*1-17-14-23(26(33)29-19-6-5-18-4-3-11-27-22(18)15-19)30-31-25(17)32-12-9-20(10-13-32)35-21-7-8-24(34-2)28-16-21/h2*3-4,7-8,11,14,16,19-20H,5-6,9-10,12-13,15H2,1-2H3,(H,29,33). The Balaban J connectivity index is 0.000000174. The van der Waals surface area contributed by atoms with Crippen LogP contribution in [0.2, 0.25) is 0 Å². The summed E-state index contributed by atoms with van der Waals surface area (Å²) in [4.78, 5) is 47.4. The van der Waals surface area contributed by atoms with Crippen molar-refractivity contribution in [2.75, 3.05) is 50.2 Å². The van der Waals surface area contributed by atoms with E-state index in [1.807, 2.05) is 62.6 Å². The Hall–Kier alpha value is -7.50. The molecule has 70 heavy (non-hydrogen) atoms. The second-order valence-corrected chi connectivity index (χ2v) is 18.2. The van der Waals surface area contributed by atoms with Crippen LogP contribution >= 0.6 is 0 Å². The minimum absolute atomic E-state index is 0.0617. The Kier molecular flexibility index (Phi) is 15.1. The number of fused-ring (bicyclic) bond motifs is 2. The van der Waals surface area contributed by atoms with Gasteiger partial charge in [-0.1, -0.05) is 12.1 Å². The zero-order valence-corrected chi connectivity index (χ0v) is 40.2. The maximum atomic E-state index is 12.8. The van der Waals surface area contributed by atoms with Crippen molar-refractivity contribution in [3.63, 3.8) is 0 Å². The molecule has 2 saturated heterocycles. The lowest BCUT2D eigenvalue weighted by molar-refractivity contribution is 0.0918. The average Bonchev–Trinajstić information content (AvgIpc) is 3.39. The molecule has 0 radical (unpaired) electrons. The lowest BCUT2D eigenvalue weighted by Crippen LogP contribution is -2.40. The molecule has 18 nitrogen and oxygen atoms in total. The fourth-order valence-electron chi connectivity index (χ4n) is 9.54. The van der Waals surface area contributed by atoms with E-state index in [-0.39, 0.29) is 36.1 Å². The molecule has 2 amide bonds. The zero-order valence-electron chi connectivity index (χ0n) is 40.2. The highest BCUT2D eigenvalue weighted by atomic mass is 16.5. The molecular weight excluding hydrogens is 889 g/mol. The molecule has 364 valence electrons. The number of hydrogen-bond donors (Lipinski definition) is 2. The molecular formula is C52H60N12O6. The lowest BCUT2D eigenvalue weighted by Gasteiger charge is -2.33. The third-order valence-electron chi connectivity index (χ3n) is 13.4. The fourth-order valence-corrected chi connectivity index (χ4v) is 9.54. The van der Waals surface area contributed by atoms with Gasteiger partial charge in [0.15, 0.2) is 23.0 Å². The van der Waals surface area contributed by atoms with Crippen LogP contribution in [0.3, 0.4) is 0 Å². The van der Waals surface area contributed by atoms with Crippen LogP contribution in [-0.2, 0) is 25.7 Å². The fraction of sp³-hybridized carbons (Fsp3) is 0.423. The van der Waals surface area contributed by atoms with Crippen molar-refractivity contribution in [1.82, 2.24) is 51.0 Å². The molecule has 0 aromatic carbocycles. The number of hydrogen-bond acceptors (Lipinski definition) is 16. The molecule has 2 aliphatic carbocycles. The molecule has 6 aromatic rings. The van der Waals surface area contributed by atoms with Crippen molar-refractivity contribution in [2.45, 2.75) is 102 Å². The van der Waals surface area contributed by atoms with Gasteiger partial charge in [-0.25, -0.2) is 9.97 Å². The molecule has 2 N–H and O–H groups in total. The summed E-state index contributed by atoms with van der Waals surface area (Å²) in [6.45, 7) is 7.20. The number of methoxy groups -OCH3 is 2. The molecule has 0 saturated carbocycles.